The zero-order valence-electron chi connectivity index (χ0n) is 8.31. The number of carbonyl (C=O) groups is 1. The molecule has 2 atom stereocenters. The van der Waals surface area contributed by atoms with E-state index in [0.29, 0.717) is 12.2 Å². The highest BCUT2D eigenvalue weighted by Gasteiger charge is 2.69. The van der Waals surface area contributed by atoms with Crippen molar-refractivity contribution < 1.29 is 33.1 Å². The summed E-state index contributed by atoms with van der Waals surface area (Å²) in [5.74, 6) is -5.41. The summed E-state index contributed by atoms with van der Waals surface area (Å²) in [5, 5.41) is 28.5. The molecular formula is C8H5BrF3NO5. The maximum absolute atomic E-state index is 12.9. The van der Waals surface area contributed by atoms with Gasteiger partial charge in [-0.3, -0.25) is 14.9 Å². The van der Waals surface area contributed by atoms with Gasteiger partial charge in [-0.25, -0.2) is 0 Å². The van der Waals surface area contributed by atoms with E-state index in [1.807, 2.05) is 0 Å². The van der Waals surface area contributed by atoms with E-state index in [9.17, 15) is 28.1 Å². The fourth-order valence-electron chi connectivity index (χ4n) is 1.52. The molecule has 0 saturated heterocycles. The van der Waals surface area contributed by atoms with Crippen LogP contribution in [0.25, 0.3) is 0 Å². The number of nitro groups is 1. The van der Waals surface area contributed by atoms with Gasteiger partial charge in [0.2, 0.25) is 4.32 Å². The highest BCUT2D eigenvalue weighted by molar-refractivity contribution is 9.10. The first-order valence-corrected chi connectivity index (χ1v) is 5.07. The zero-order chi connectivity index (χ0) is 14.3. The van der Waals surface area contributed by atoms with Crippen LogP contribution < -0.4 is 0 Å². The van der Waals surface area contributed by atoms with Crippen molar-refractivity contribution >= 4 is 21.9 Å². The molecule has 0 spiro atoms. The number of carboxylic acids is 1. The molecule has 0 heterocycles. The average Bonchev–Trinajstić information content (AvgIpc) is 2.14. The lowest BCUT2D eigenvalue weighted by Crippen LogP contribution is -2.53. The van der Waals surface area contributed by atoms with Crippen molar-refractivity contribution in [2.24, 2.45) is 5.92 Å². The Morgan fingerprint density at radius 3 is 2.39 bits per heavy atom. The summed E-state index contributed by atoms with van der Waals surface area (Å²) in [5.41, 5.74) is -1.65. The molecule has 0 aromatic heterocycles. The van der Waals surface area contributed by atoms with Crippen LogP contribution in [0.1, 0.15) is 0 Å². The molecule has 0 aromatic rings. The van der Waals surface area contributed by atoms with Gasteiger partial charge in [-0.05, 0) is 6.08 Å². The summed E-state index contributed by atoms with van der Waals surface area (Å²) in [7, 11) is 0. The number of aliphatic hydroxyl groups is 1. The summed E-state index contributed by atoms with van der Waals surface area (Å²) >= 11 is 2.07. The van der Waals surface area contributed by atoms with Crippen LogP contribution >= 0.6 is 15.9 Å². The lowest BCUT2D eigenvalue weighted by atomic mass is 9.84. The Hall–Kier alpha value is -1.58. The van der Waals surface area contributed by atoms with Gasteiger partial charge in [0.15, 0.2) is 5.76 Å². The maximum Gasteiger partial charge on any atom is 0.415 e. The van der Waals surface area contributed by atoms with E-state index in [2.05, 4.69) is 15.9 Å². The minimum absolute atomic E-state index is 0.535. The predicted octanol–water partition coefficient (Wildman–Crippen LogP) is 2.00. The molecule has 2 unspecified atom stereocenters. The van der Waals surface area contributed by atoms with Gasteiger partial charge in [0.1, 0.15) is 5.92 Å². The second-order valence-corrected chi connectivity index (χ2v) is 4.63. The number of allylic oxidation sites excluding steroid dienone is 2. The van der Waals surface area contributed by atoms with Crippen LogP contribution in [0, 0.1) is 16.0 Å². The number of aliphatic hydroxyl groups excluding tert-OH is 1. The standard InChI is InChI=1S/C8H5BrF3NO5/c9-7(8(10,11)12)3(6(15)16)1-2-4(14)5(7)13(17)18/h1-3,14H,(H,15,16). The molecule has 18 heavy (non-hydrogen) atoms. The number of alkyl halides is 4. The summed E-state index contributed by atoms with van der Waals surface area (Å²) in [6, 6.07) is 0. The van der Waals surface area contributed by atoms with Crippen LogP contribution in [0.3, 0.4) is 0 Å². The molecule has 6 nitrogen and oxygen atoms in total. The fraction of sp³-hybridized carbons (Fsp3) is 0.375. The third-order valence-corrected chi connectivity index (χ3v) is 3.64. The van der Waals surface area contributed by atoms with E-state index in [1.54, 1.807) is 0 Å². The Balaban J connectivity index is 3.58. The Bertz CT molecular complexity index is 472. The van der Waals surface area contributed by atoms with Crippen LogP contribution in [0.2, 0.25) is 0 Å². The van der Waals surface area contributed by atoms with Gasteiger partial charge in [0.05, 0.1) is 4.92 Å². The van der Waals surface area contributed by atoms with E-state index in [-0.39, 0.29) is 0 Å². The first-order valence-electron chi connectivity index (χ1n) is 4.28. The van der Waals surface area contributed by atoms with Crippen LogP contribution in [0.5, 0.6) is 0 Å². The largest absolute Gasteiger partial charge is 0.502 e. The SMILES string of the molecule is O=C(O)C1C=CC(O)=C([N+](=O)[O-])C1(Br)C(F)(F)F. The van der Waals surface area contributed by atoms with E-state index in [1.165, 1.54) is 0 Å². The molecule has 2 N–H and O–H groups in total. The summed E-state index contributed by atoms with van der Waals surface area (Å²) in [6.45, 7) is 0. The van der Waals surface area contributed by atoms with Gasteiger partial charge >= 0.3 is 17.8 Å². The minimum atomic E-state index is -5.28. The Morgan fingerprint density at radius 1 is 1.56 bits per heavy atom. The molecule has 0 bridgehead atoms. The van der Waals surface area contributed by atoms with Crippen molar-refractivity contribution in [3.05, 3.63) is 33.7 Å². The highest BCUT2D eigenvalue weighted by Crippen LogP contribution is 2.51. The highest BCUT2D eigenvalue weighted by atomic mass is 79.9. The number of halogens is 4. The summed E-state index contributed by atoms with van der Waals surface area (Å²) in [6.07, 6.45) is -4.19. The van der Waals surface area contributed by atoms with Crippen molar-refractivity contribution in [1.29, 1.82) is 0 Å². The monoisotopic (exact) mass is 331 g/mol. The third-order valence-electron chi connectivity index (χ3n) is 2.32. The number of nitrogens with zero attached hydrogens (tertiary/aromatic N) is 1. The molecule has 0 aromatic carbocycles. The van der Waals surface area contributed by atoms with Crippen molar-refractivity contribution in [2.75, 3.05) is 0 Å². The molecule has 1 aliphatic rings. The van der Waals surface area contributed by atoms with E-state index in [4.69, 9.17) is 10.2 Å². The van der Waals surface area contributed by atoms with Gasteiger partial charge in [-0.2, -0.15) is 13.2 Å². The number of rotatable bonds is 2. The predicted molar refractivity (Wildman–Crippen MR) is 54.6 cm³/mol. The van der Waals surface area contributed by atoms with Crippen LogP contribution in [0.4, 0.5) is 13.2 Å². The molecule has 100 valence electrons. The lowest BCUT2D eigenvalue weighted by molar-refractivity contribution is -0.442. The van der Waals surface area contributed by atoms with E-state index >= 15 is 0 Å². The average molecular weight is 332 g/mol. The normalized spacial score (nSPS) is 28.3. The fourth-order valence-corrected chi connectivity index (χ4v) is 2.22. The molecule has 0 fully saturated rings. The summed E-state index contributed by atoms with van der Waals surface area (Å²) < 4.78 is 35.3. The molecule has 0 saturated carbocycles. The molecule has 0 aliphatic heterocycles. The first kappa shape index (κ1) is 14.5. The summed E-state index contributed by atoms with van der Waals surface area (Å²) in [4.78, 5) is 19.9. The minimum Gasteiger partial charge on any atom is -0.502 e. The maximum atomic E-state index is 12.9. The van der Waals surface area contributed by atoms with Crippen molar-refractivity contribution in [1.82, 2.24) is 0 Å². The smallest absolute Gasteiger partial charge is 0.415 e. The number of hydrogen-bond acceptors (Lipinski definition) is 4. The Morgan fingerprint density at radius 2 is 2.06 bits per heavy atom. The molecule has 1 aliphatic carbocycles. The quantitative estimate of drug-likeness (QED) is 0.458. The molecule has 1 rings (SSSR count). The zero-order valence-corrected chi connectivity index (χ0v) is 9.90. The van der Waals surface area contributed by atoms with Crippen molar-refractivity contribution in [2.45, 2.75) is 10.5 Å². The molecule has 10 heteroatoms. The number of aliphatic carboxylic acids is 1. The molecular weight excluding hydrogens is 327 g/mol. The first-order chi connectivity index (χ1) is 8.03. The second kappa shape index (κ2) is 4.26. The third kappa shape index (κ3) is 1.96. The van der Waals surface area contributed by atoms with Gasteiger partial charge < -0.3 is 10.2 Å². The van der Waals surface area contributed by atoms with Crippen LogP contribution in [-0.2, 0) is 4.79 Å². The second-order valence-electron chi connectivity index (χ2n) is 3.38. The van der Waals surface area contributed by atoms with Crippen molar-refractivity contribution in [3.8, 4) is 0 Å². The van der Waals surface area contributed by atoms with Gasteiger partial charge in [-0.15, -0.1) is 0 Å². The van der Waals surface area contributed by atoms with E-state index in [0.717, 1.165) is 0 Å². The van der Waals surface area contributed by atoms with Gasteiger partial charge in [0, 0.05) is 0 Å². The Kier molecular flexibility index (Phi) is 3.43. The van der Waals surface area contributed by atoms with Gasteiger partial charge in [0.25, 0.3) is 0 Å². The van der Waals surface area contributed by atoms with Crippen LogP contribution in [-0.4, -0.2) is 31.6 Å². The number of hydrogen-bond donors (Lipinski definition) is 2. The van der Waals surface area contributed by atoms with Crippen LogP contribution in [0.15, 0.2) is 23.6 Å². The van der Waals surface area contributed by atoms with Crippen molar-refractivity contribution in [3.63, 3.8) is 0 Å². The topological polar surface area (TPSA) is 101 Å². The van der Waals surface area contributed by atoms with Gasteiger partial charge in [-0.1, -0.05) is 22.0 Å². The number of carboxylic acid groups (broad SMARTS) is 1. The Labute approximate surface area is 106 Å². The lowest BCUT2D eigenvalue weighted by Gasteiger charge is -2.32. The molecule has 0 radical (unpaired) electrons. The molecule has 0 amide bonds. The van der Waals surface area contributed by atoms with E-state index < -0.39 is 38.8 Å².